The molecule has 0 bridgehead atoms. The first-order valence-corrected chi connectivity index (χ1v) is 0. The fraction of sp³-hybridized carbons (Fsp3) is 0. The molecule has 2 N–H and O–H groups in total. The van der Waals surface area contributed by atoms with Crippen LogP contribution in [0.15, 0.2) is 0 Å². The average Bonchev–Trinajstić information content (AvgIpc) is 0. The molecule has 0 heterocycles. The zero-order chi connectivity index (χ0) is 0. The van der Waals surface area contributed by atoms with E-state index >= 15 is 0 Å². The molecule has 0 atom stereocenters. The summed E-state index contributed by atoms with van der Waals surface area (Å²) in [6.07, 6.45) is 0. The summed E-state index contributed by atoms with van der Waals surface area (Å²) in [7, 11) is 0. The number of hydrogen-bond donors (Lipinski definition) is 0. The van der Waals surface area contributed by atoms with Gasteiger partial charge in [0.1, 0.15) is 0 Å². The Morgan fingerprint density at radius 2 is 1.00 bits per heavy atom. The Hall–Kier alpha value is 2.49. The van der Waals surface area contributed by atoms with Crippen molar-refractivity contribution in [2.24, 2.45) is 0 Å². The van der Waals surface area contributed by atoms with Crippen molar-refractivity contribution in [1.29, 1.82) is 0 Å². The van der Waals surface area contributed by atoms with Gasteiger partial charge in [-0.15, -0.1) is 0 Å². The van der Waals surface area contributed by atoms with E-state index in [-0.39, 0.29) is 85.7 Å². The Labute approximate surface area is 84.5 Å². The third-order valence-corrected chi connectivity index (χ3v) is 0. The van der Waals surface area contributed by atoms with Crippen LogP contribution in [0.1, 0.15) is 0 Å². The molecule has 0 saturated heterocycles. The van der Waals surface area contributed by atoms with Gasteiger partial charge in [0.15, 0.2) is 17.4 Å². The van der Waals surface area contributed by atoms with Crippen LogP contribution in [-0.2, 0) is 33.3 Å². The molecule has 0 unspecified atom stereocenters. The van der Waals surface area contributed by atoms with Crippen LogP contribution in [0.4, 0.5) is 0 Å². The predicted octanol–water partition coefficient (Wildman–Crippen LogP) is -2.66. The van der Waals surface area contributed by atoms with Gasteiger partial charge in [-0.25, -0.2) is 0 Å². The normalized spacial score (nSPS) is 0. The molecular formula is H6AlCoNaNiO. The standard InChI is InChI=1S/Al.Co.Na.Ni.H2O.4H/h;;;;1H2;;;;. The van der Waals surface area contributed by atoms with E-state index in [1.807, 2.05) is 0 Å². The van der Waals surface area contributed by atoms with E-state index in [9.17, 15) is 0 Å². The molecule has 0 spiro atoms. The maximum absolute atomic E-state index is 0. The van der Waals surface area contributed by atoms with Crippen molar-refractivity contribution in [3.8, 4) is 0 Å². The van der Waals surface area contributed by atoms with Crippen LogP contribution in [0.3, 0.4) is 0 Å². The summed E-state index contributed by atoms with van der Waals surface area (Å²) < 4.78 is 0. The van der Waals surface area contributed by atoms with E-state index in [0.717, 1.165) is 0 Å². The second-order valence-electron chi connectivity index (χ2n) is 0. The first-order valence-electron chi connectivity index (χ1n) is 0. The van der Waals surface area contributed by atoms with Gasteiger partial charge in [0.2, 0.25) is 0 Å². The zero-order valence-corrected chi connectivity index (χ0v) is 3.18. The number of hydrogen-bond acceptors (Lipinski definition) is 0. The Bertz CT molecular complexity index is 11.6. The second kappa shape index (κ2) is 31.5. The Balaban J connectivity index is 0. The molecule has 35 valence electrons. The third-order valence-electron chi connectivity index (χ3n) is 0. The van der Waals surface area contributed by atoms with Crippen LogP contribution in [-0.4, -0.2) is 52.4 Å². The molecule has 1 radical (unpaired) electrons. The maximum Gasteiger partial charge on any atom is 0 e. The van der Waals surface area contributed by atoms with Crippen molar-refractivity contribution in [1.82, 2.24) is 0 Å². The molecule has 0 fully saturated rings. The summed E-state index contributed by atoms with van der Waals surface area (Å²) in [5.74, 6) is 0. The summed E-state index contributed by atoms with van der Waals surface area (Å²) in [6, 6.07) is 0. The predicted molar refractivity (Wildman–Crippen MR) is 20.7 cm³/mol. The largest absolute Gasteiger partial charge is 0 e. The van der Waals surface area contributed by atoms with Gasteiger partial charge in [-0.05, 0) is 0 Å². The molecule has 0 aromatic carbocycles. The van der Waals surface area contributed by atoms with Crippen LogP contribution in [0.25, 0.3) is 0 Å². The molecule has 0 aromatic rings. The van der Waals surface area contributed by atoms with E-state index in [0.29, 0.717) is 0 Å². The quantitative estimate of drug-likeness (QED) is 0.373. The van der Waals surface area contributed by atoms with E-state index in [4.69, 9.17) is 0 Å². The van der Waals surface area contributed by atoms with Gasteiger partial charge >= 0.3 is 29.6 Å². The van der Waals surface area contributed by atoms with Crippen LogP contribution < -0.4 is 0 Å². The van der Waals surface area contributed by atoms with Crippen LogP contribution >= 0.6 is 0 Å². The van der Waals surface area contributed by atoms with Crippen molar-refractivity contribution in [2.75, 3.05) is 0 Å². The van der Waals surface area contributed by atoms with Crippen molar-refractivity contribution in [3.63, 3.8) is 0 Å². The zero-order valence-electron chi connectivity index (χ0n) is 1.15. The molecule has 0 saturated carbocycles. The fourth-order valence-electron chi connectivity index (χ4n) is 0. The van der Waals surface area contributed by atoms with Gasteiger partial charge in [0.05, 0.1) is 0 Å². The van der Waals surface area contributed by atoms with Crippen molar-refractivity contribution < 1.29 is 38.7 Å². The minimum absolute atomic E-state index is 0. The van der Waals surface area contributed by atoms with Gasteiger partial charge in [-0.2, -0.15) is 0 Å². The Morgan fingerprint density at radius 3 is 1.00 bits per heavy atom. The fourth-order valence-corrected chi connectivity index (χ4v) is 0. The summed E-state index contributed by atoms with van der Waals surface area (Å²) in [4.78, 5) is 0. The van der Waals surface area contributed by atoms with Crippen LogP contribution in [0.2, 0.25) is 0 Å². The summed E-state index contributed by atoms with van der Waals surface area (Å²) in [6.45, 7) is 0. The van der Waals surface area contributed by atoms with E-state index in [1.54, 1.807) is 0 Å². The molecule has 0 aliphatic carbocycles. The Morgan fingerprint density at radius 1 is 1.00 bits per heavy atom. The third kappa shape index (κ3) is 21.1. The maximum atomic E-state index is 0. The van der Waals surface area contributed by atoms with E-state index in [2.05, 4.69) is 0 Å². The summed E-state index contributed by atoms with van der Waals surface area (Å²) >= 11 is 0. The van der Waals surface area contributed by atoms with Gasteiger partial charge in [-0.3, -0.25) is 0 Å². The molecular weight excluding hydrogens is 184 g/mol. The van der Waals surface area contributed by atoms with Crippen molar-refractivity contribution in [3.05, 3.63) is 0 Å². The molecule has 5 heteroatoms. The van der Waals surface area contributed by atoms with Gasteiger partial charge in [0, 0.05) is 33.3 Å². The molecule has 0 aromatic heterocycles. The minimum Gasteiger partial charge on any atom is 0 e. The van der Waals surface area contributed by atoms with Gasteiger partial charge in [-0.1, -0.05) is 0 Å². The minimum atomic E-state index is 0. The Kier molecular flexibility index (Phi) is 321. The smallest absolute Gasteiger partial charge is 0 e. The monoisotopic (exact) mass is 189 g/mol. The molecule has 0 amide bonds. The molecule has 0 rings (SSSR count). The van der Waals surface area contributed by atoms with Crippen LogP contribution in [0.5, 0.6) is 0 Å². The molecule has 0 aliphatic heterocycles. The van der Waals surface area contributed by atoms with E-state index < -0.39 is 0 Å². The number of rotatable bonds is 0. The van der Waals surface area contributed by atoms with E-state index in [1.165, 1.54) is 0 Å². The van der Waals surface area contributed by atoms with Gasteiger partial charge in [0.25, 0.3) is 0 Å². The average molecular weight is 190 g/mol. The van der Waals surface area contributed by atoms with Crippen molar-refractivity contribution >= 4 is 46.9 Å². The topological polar surface area (TPSA) is 31.5 Å². The first-order chi connectivity index (χ1) is 0. The van der Waals surface area contributed by atoms with Crippen LogP contribution in [0, 0.1) is 0 Å². The first kappa shape index (κ1) is 50.8. The SMILES string of the molecule is O.[AlH3].[Co].[NaH].[Ni]. The van der Waals surface area contributed by atoms with Crippen molar-refractivity contribution in [2.45, 2.75) is 0 Å². The molecule has 5 heavy (non-hydrogen) atoms. The molecule has 1 nitrogen and oxygen atoms in total. The summed E-state index contributed by atoms with van der Waals surface area (Å²) in [5.41, 5.74) is 0. The second-order valence-corrected chi connectivity index (χ2v) is 0. The van der Waals surface area contributed by atoms with Gasteiger partial charge < -0.3 is 5.48 Å². The summed E-state index contributed by atoms with van der Waals surface area (Å²) in [5, 5.41) is 0. The molecule has 0 aliphatic rings.